The maximum Gasteiger partial charge on any atom is 0.0954 e. The smallest absolute Gasteiger partial charge is 0.0954 e. The lowest BCUT2D eigenvalue weighted by molar-refractivity contribution is -0.138. The van der Waals surface area contributed by atoms with Crippen LogP contribution in [0, 0.1) is 0 Å². The molecule has 2 saturated heterocycles. The van der Waals surface area contributed by atoms with Crippen LogP contribution < -0.4 is 0 Å². The van der Waals surface area contributed by atoms with Crippen molar-refractivity contribution >= 4 is 0 Å². The Bertz CT molecular complexity index is 224. The molecule has 0 aliphatic carbocycles. The first kappa shape index (κ1) is 11.3. The van der Waals surface area contributed by atoms with E-state index in [9.17, 15) is 10.2 Å². The maximum absolute atomic E-state index is 10.1. The number of ether oxygens (including phenoxy) is 1. The molecule has 15 heavy (non-hydrogen) atoms. The van der Waals surface area contributed by atoms with Gasteiger partial charge in [0.15, 0.2) is 0 Å². The molecule has 0 spiro atoms. The van der Waals surface area contributed by atoms with E-state index in [0.29, 0.717) is 6.54 Å². The largest absolute Gasteiger partial charge is 0.392 e. The highest BCUT2D eigenvalue weighted by Crippen LogP contribution is 2.26. The van der Waals surface area contributed by atoms with Gasteiger partial charge < -0.3 is 14.9 Å². The molecule has 2 aliphatic rings. The maximum atomic E-state index is 10.1. The van der Waals surface area contributed by atoms with Crippen molar-refractivity contribution in [3.05, 3.63) is 0 Å². The van der Waals surface area contributed by atoms with Crippen molar-refractivity contribution in [1.29, 1.82) is 0 Å². The Hall–Kier alpha value is -0.160. The van der Waals surface area contributed by atoms with Crippen LogP contribution in [0.5, 0.6) is 0 Å². The average molecular weight is 215 g/mol. The van der Waals surface area contributed by atoms with Crippen molar-refractivity contribution in [3.63, 3.8) is 0 Å². The highest BCUT2D eigenvalue weighted by atomic mass is 16.5. The lowest BCUT2D eigenvalue weighted by Crippen LogP contribution is -2.53. The molecular weight excluding hydrogens is 194 g/mol. The van der Waals surface area contributed by atoms with E-state index >= 15 is 0 Å². The van der Waals surface area contributed by atoms with Crippen molar-refractivity contribution in [1.82, 2.24) is 4.90 Å². The van der Waals surface area contributed by atoms with Gasteiger partial charge in [0, 0.05) is 19.1 Å². The van der Waals surface area contributed by atoms with Crippen LogP contribution >= 0.6 is 0 Å². The number of hydrogen-bond acceptors (Lipinski definition) is 4. The Balaban J connectivity index is 2.00. The lowest BCUT2D eigenvalue weighted by atomic mass is 9.95. The zero-order valence-electron chi connectivity index (χ0n) is 9.47. The van der Waals surface area contributed by atoms with E-state index in [1.807, 2.05) is 13.8 Å². The van der Waals surface area contributed by atoms with E-state index in [4.69, 9.17) is 4.74 Å². The molecule has 2 unspecified atom stereocenters. The van der Waals surface area contributed by atoms with Crippen LogP contribution in [0.3, 0.4) is 0 Å². The van der Waals surface area contributed by atoms with Crippen molar-refractivity contribution in [3.8, 4) is 0 Å². The number of aliphatic hydroxyl groups excluding tert-OH is 2. The number of rotatable bonds is 1. The molecule has 2 aliphatic heterocycles. The molecule has 0 bridgehead atoms. The Morgan fingerprint density at radius 2 is 2.00 bits per heavy atom. The summed E-state index contributed by atoms with van der Waals surface area (Å²) < 4.78 is 5.58. The monoisotopic (exact) mass is 215 g/mol. The van der Waals surface area contributed by atoms with Gasteiger partial charge in [0.25, 0.3) is 0 Å². The Morgan fingerprint density at radius 1 is 1.27 bits per heavy atom. The van der Waals surface area contributed by atoms with Gasteiger partial charge in [-0.25, -0.2) is 0 Å². The van der Waals surface area contributed by atoms with Gasteiger partial charge in [-0.1, -0.05) is 0 Å². The minimum Gasteiger partial charge on any atom is -0.392 e. The second-order valence-electron chi connectivity index (χ2n) is 4.88. The Labute approximate surface area is 90.8 Å². The lowest BCUT2D eigenvalue weighted by Gasteiger charge is -2.41. The van der Waals surface area contributed by atoms with Crippen molar-refractivity contribution < 1.29 is 14.9 Å². The van der Waals surface area contributed by atoms with E-state index in [1.54, 1.807) is 0 Å². The predicted molar refractivity (Wildman–Crippen MR) is 56.6 cm³/mol. The number of β-amino-alcohol motifs (C(OH)–C–C–N with tert-alkyl or cyclic N) is 1. The third kappa shape index (κ3) is 2.33. The second-order valence-corrected chi connectivity index (χ2v) is 4.88. The molecule has 0 amide bonds. The first-order valence-corrected chi connectivity index (χ1v) is 5.83. The highest BCUT2D eigenvalue weighted by molar-refractivity contribution is 4.92. The molecule has 0 aromatic heterocycles. The molecule has 88 valence electrons. The number of likely N-dealkylation sites (tertiary alicyclic amines) is 1. The van der Waals surface area contributed by atoms with E-state index < -0.39 is 6.10 Å². The second kappa shape index (κ2) is 4.37. The SMILES string of the molecule is C[C@@H]1CC(N2CC[C@H](O)C2)C(O)[C@H](C)O1. The molecule has 4 nitrogen and oxygen atoms in total. The molecule has 4 heteroatoms. The van der Waals surface area contributed by atoms with Crippen molar-refractivity contribution in [2.45, 2.75) is 57.1 Å². The van der Waals surface area contributed by atoms with Gasteiger partial charge in [0.05, 0.1) is 24.4 Å². The molecular formula is C11H21NO3. The molecule has 2 fully saturated rings. The third-order valence-electron chi connectivity index (χ3n) is 3.56. The van der Waals surface area contributed by atoms with Crippen molar-refractivity contribution in [2.24, 2.45) is 0 Å². The van der Waals surface area contributed by atoms with Crippen molar-refractivity contribution in [2.75, 3.05) is 13.1 Å². The quantitative estimate of drug-likeness (QED) is 0.645. The van der Waals surface area contributed by atoms with Crippen LogP contribution in [0.25, 0.3) is 0 Å². The number of aliphatic hydroxyl groups is 2. The molecule has 2 rings (SSSR count). The summed E-state index contributed by atoms with van der Waals surface area (Å²) in [5.74, 6) is 0. The minimum absolute atomic E-state index is 0.100. The topological polar surface area (TPSA) is 52.9 Å². The summed E-state index contributed by atoms with van der Waals surface area (Å²) in [7, 11) is 0. The molecule has 0 aromatic rings. The normalized spacial score (nSPS) is 48.4. The van der Waals surface area contributed by atoms with E-state index in [-0.39, 0.29) is 24.4 Å². The molecule has 2 N–H and O–H groups in total. The molecule has 0 aromatic carbocycles. The fourth-order valence-electron chi connectivity index (χ4n) is 2.73. The summed E-state index contributed by atoms with van der Waals surface area (Å²) in [5, 5.41) is 19.5. The zero-order valence-corrected chi connectivity index (χ0v) is 9.47. The molecule has 5 atom stereocenters. The van der Waals surface area contributed by atoms with Crippen LogP contribution in [-0.4, -0.2) is 58.7 Å². The first-order chi connectivity index (χ1) is 7.08. The van der Waals surface area contributed by atoms with Crippen LogP contribution in [0.4, 0.5) is 0 Å². The van der Waals surface area contributed by atoms with Gasteiger partial charge in [0.2, 0.25) is 0 Å². The molecule has 0 saturated carbocycles. The van der Waals surface area contributed by atoms with E-state index in [1.165, 1.54) is 0 Å². The van der Waals surface area contributed by atoms with Gasteiger partial charge >= 0.3 is 0 Å². The van der Waals surface area contributed by atoms with Gasteiger partial charge in [0.1, 0.15) is 0 Å². The average Bonchev–Trinajstić information content (AvgIpc) is 2.58. The summed E-state index contributed by atoms with van der Waals surface area (Å²) in [6.45, 7) is 5.55. The number of nitrogens with zero attached hydrogens (tertiary/aromatic N) is 1. The highest BCUT2D eigenvalue weighted by Gasteiger charge is 2.39. The summed E-state index contributed by atoms with van der Waals surface area (Å²) >= 11 is 0. The van der Waals surface area contributed by atoms with Gasteiger partial charge in [-0.15, -0.1) is 0 Å². The first-order valence-electron chi connectivity index (χ1n) is 5.83. The summed E-state index contributed by atoms with van der Waals surface area (Å²) in [4.78, 5) is 2.20. The Kier molecular flexibility index (Phi) is 3.30. The van der Waals surface area contributed by atoms with Gasteiger partial charge in [-0.2, -0.15) is 0 Å². The van der Waals surface area contributed by atoms with E-state index in [0.717, 1.165) is 19.4 Å². The van der Waals surface area contributed by atoms with Crippen LogP contribution in [0.2, 0.25) is 0 Å². The number of hydrogen-bond donors (Lipinski definition) is 2. The van der Waals surface area contributed by atoms with Crippen LogP contribution in [0.15, 0.2) is 0 Å². The standard InChI is InChI=1S/C11H21NO3/c1-7-5-10(11(14)8(2)15-7)12-4-3-9(13)6-12/h7-11,13-14H,3-6H2,1-2H3/t7-,8+,9+,10?,11?/m1/s1. The fraction of sp³-hybridized carbons (Fsp3) is 1.00. The van der Waals surface area contributed by atoms with Crippen LogP contribution in [0.1, 0.15) is 26.7 Å². The van der Waals surface area contributed by atoms with Gasteiger partial charge in [-0.3, -0.25) is 4.90 Å². The fourth-order valence-corrected chi connectivity index (χ4v) is 2.73. The Morgan fingerprint density at radius 3 is 2.60 bits per heavy atom. The summed E-state index contributed by atoms with van der Waals surface area (Å²) in [6, 6.07) is 0.154. The molecule has 0 radical (unpaired) electrons. The van der Waals surface area contributed by atoms with Crippen LogP contribution in [-0.2, 0) is 4.74 Å². The summed E-state index contributed by atoms with van der Waals surface area (Å²) in [5.41, 5.74) is 0. The zero-order chi connectivity index (χ0) is 11.0. The third-order valence-corrected chi connectivity index (χ3v) is 3.56. The predicted octanol–water partition coefficient (Wildman–Crippen LogP) is -0.0202. The van der Waals surface area contributed by atoms with E-state index in [2.05, 4.69) is 4.90 Å². The minimum atomic E-state index is -0.425. The summed E-state index contributed by atoms with van der Waals surface area (Å²) in [6.07, 6.45) is 1.14. The molecule has 2 heterocycles. The van der Waals surface area contributed by atoms with Gasteiger partial charge in [-0.05, 0) is 26.7 Å².